The molecule has 0 radical (unpaired) electrons. The molecule has 0 fully saturated rings. The van der Waals surface area contributed by atoms with Crippen molar-refractivity contribution in [1.82, 2.24) is 10.2 Å². The number of fused-ring (bicyclic) bond motifs is 1. The predicted molar refractivity (Wildman–Crippen MR) is 94.4 cm³/mol. The van der Waals surface area contributed by atoms with E-state index in [9.17, 15) is 0 Å². The van der Waals surface area contributed by atoms with Crippen LogP contribution in [0.2, 0.25) is 0 Å². The van der Waals surface area contributed by atoms with Gasteiger partial charge >= 0.3 is 0 Å². The van der Waals surface area contributed by atoms with Crippen molar-refractivity contribution in [1.29, 1.82) is 0 Å². The van der Waals surface area contributed by atoms with Gasteiger partial charge in [-0.25, -0.2) is 0 Å². The van der Waals surface area contributed by atoms with Gasteiger partial charge in [0.05, 0.1) is 0 Å². The van der Waals surface area contributed by atoms with Crippen molar-refractivity contribution in [2.75, 3.05) is 0 Å². The summed E-state index contributed by atoms with van der Waals surface area (Å²) in [6.45, 7) is 2.04. The average molecular weight is 310 g/mol. The van der Waals surface area contributed by atoms with Crippen molar-refractivity contribution in [3.63, 3.8) is 0 Å². The fraction of sp³-hybridized carbons (Fsp3) is 0.0476. The average Bonchev–Trinajstić information content (AvgIpc) is 3.09. The van der Waals surface area contributed by atoms with E-state index >= 15 is 0 Å². The van der Waals surface area contributed by atoms with Crippen molar-refractivity contribution >= 4 is 10.8 Å². The number of hydrogen-bond donors (Lipinski definition) is 0. The molecule has 0 unspecified atom stereocenters. The zero-order valence-electron chi connectivity index (χ0n) is 13.2. The van der Waals surface area contributed by atoms with Crippen molar-refractivity contribution in [3.8, 4) is 23.3 Å². The zero-order chi connectivity index (χ0) is 16.4. The minimum atomic E-state index is 0.318. The summed E-state index contributed by atoms with van der Waals surface area (Å²) in [6, 6.07) is 22.3. The maximum atomic E-state index is 5.62. The first-order valence-corrected chi connectivity index (χ1v) is 7.69. The van der Waals surface area contributed by atoms with E-state index in [0.29, 0.717) is 11.8 Å². The Morgan fingerprint density at radius 2 is 1.58 bits per heavy atom. The summed E-state index contributed by atoms with van der Waals surface area (Å²) in [7, 11) is 0. The first kappa shape index (κ1) is 14.2. The maximum absolute atomic E-state index is 5.62. The molecular weight excluding hydrogens is 296 g/mol. The molecule has 4 aromatic rings. The normalized spacial score (nSPS) is 10.4. The molecule has 24 heavy (non-hydrogen) atoms. The molecule has 1 aromatic heterocycles. The number of aromatic nitrogens is 2. The lowest BCUT2D eigenvalue weighted by molar-refractivity contribution is 0.555. The number of aryl methyl sites for hydroxylation is 1. The highest BCUT2D eigenvalue weighted by Crippen LogP contribution is 2.18. The van der Waals surface area contributed by atoms with Crippen LogP contribution >= 0.6 is 0 Å². The Bertz CT molecular complexity index is 1070. The Labute approximate surface area is 140 Å². The van der Waals surface area contributed by atoms with Crippen molar-refractivity contribution in [2.24, 2.45) is 0 Å². The van der Waals surface area contributed by atoms with Gasteiger partial charge in [-0.3, -0.25) is 0 Å². The monoisotopic (exact) mass is 310 g/mol. The van der Waals surface area contributed by atoms with E-state index in [1.807, 2.05) is 49.4 Å². The van der Waals surface area contributed by atoms with Crippen molar-refractivity contribution < 1.29 is 4.42 Å². The summed E-state index contributed by atoms with van der Waals surface area (Å²) >= 11 is 0. The molecule has 0 N–H and O–H groups in total. The van der Waals surface area contributed by atoms with Crippen LogP contribution in [0.15, 0.2) is 71.1 Å². The highest BCUT2D eigenvalue weighted by atomic mass is 16.4. The van der Waals surface area contributed by atoms with Crippen LogP contribution in [0.1, 0.15) is 17.0 Å². The molecule has 0 saturated carbocycles. The molecule has 0 bridgehead atoms. The van der Waals surface area contributed by atoms with Gasteiger partial charge in [0.1, 0.15) is 0 Å². The SMILES string of the molecule is Cc1ccc(-c2nnc(C#Cc3ccc4ccccc4c3)o2)cc1. The van der Waals surface area contributed by atoms with Crippen LogP contribution in [-0.2, 0) is 0 Å². The Kier molecular flexibility index (Phi) is 3.57. The predicted octanol–water partition coefficient (Wildman–Crippen LogP) is 4.60. The van der Waals surface area contributed by atoms with Crippen LogP contribution in [0.4, 0.5) is 0 Å². The van der Waals surface area contributed by atoms with E-state index in [0.717, 1.165) is 16.5 Å². The molecule has 0 atom stereocenters. The first-order valence-electron chi connectivity index (χ1n) is 7.69. The van der Waals surface area contributed by atoms with Crippen LogP contribution in [0, 0.1) is 18.8 Å². The second-order valence-electron chi connectivity index (χ2n) is 5.59. The summed E-state index contributed by atoms with van der Waals surface area (Å²) in [5, 5.41) is 10.4. The van der Waals surface area contributed by atoms with Gasteiger partial charge in [-0.2, -0.15) is 0 Å². The van der Waals surface area contributed by atoms with E-state index in [-0.39, 0.29) is 0 Å². The molecule has 0 aliphatic heterocycles. The molecular formula is C21H14N2O. The van der Waals surface area contributed by atoms with E-state index in [4.69, 9.17) is 4.42 Å². The molecule has 3 nitrogen and oxygen atoms in total. The second kappa shape index (κ2) is 6.02. The van der Waals surface area contributed by atoms with Crippen LogP contribution in [0.3, 0.4) is 0 Å². The lowest BCUT2D eigenvalue weighted by Gasteiger charge is -1.96. The highest BCUT2D eigenvalue weighted by molar-refractivity contribution is 5.83. The Morgan fingerprint density at radius 3 is 2.42 bits per heavy atom. The van der Waals surface area contributed by atoms with Crippen LogP contribution in [-0.4, -0.2) is 10.2 Å². The van der Waals surface area contributed by atoms with Gasteiger partial charge in [0, 0.05) is 11.1 Å². The van der Waals surface area contributed by atoms with E-state index < -0.39 is 0 Å². The number of benzene rings is 3. The topological polar surface area (TPSA) is 38.9 Å². The van der Waals surface area contributed by atoms with Gasteiger partial charge in [-0.05, 0) is 47.9 Å². The summed E-state index contributed by atoms with van der Waals surface area (Å²) in [4.78, 5) is 0. The van der Waals surface area contributed by atoms with Crippen LogP contribution in [0.25, 0.3) is 22.2 Å². The summed E-state index contributed by atoms with van der Waals surface area (Å²) in [6.07, 6.45) is 0. The molecule has 0 spiro atoms. The van der Waals surface area contributed by atoms with E-state index in [1.165, 1.54) is 10.9 Å². The third kappa shape index (κ3) is 2.90. The standard InChI is InChI=1S/C21H14N2O/c1-15-6-10-18(11-7-15)21-23-22-20(24-21)13-9-16-8-12-17-4-2-3-5-19(17)14-16/h2-8,10-12,14H,1H3. The molecule has 0 aliphatic rings. The van der Waals surface area contributed by atoms with Crippen LogP contribution in [0.5, 0.6) is 0 Å². The Morgan fingerprint density at radius 1 is 0.792 bits per heavy atom. The minimum Gasteiger partial charge on any atom is -0.410 e. The molecule has 114 valence electrons. The third-order valence-corrected chi connectivity index (χ3v) is 3.79. The van der Waals surface area contributed by atoms with Gasteiger partial charge in [-0.1, -0.05) is 59.0 Å². The van der Waals surface area contributed by atoms with Gasteiger partial charge in [0.15, 0.2) is 0 Å². The lowest BCUT2D eigenvalue weighted by atomic mass is 10.1. The van der Waals surface area contributed by atoms with E-state index in [2.05, 4.69) is 46.3 Å². The second-order valence-corrected chi connectivity index (χ2v) is 5.59. The number of nitrogens with zero attached hydrogens (tertiary/aromatic N) is 2. The Balaban J connectivity index is 1.61. The maximum Gasteiger partial charge on any atom is 0.294 e. The molecule has 1 heterocycles. The summed E-state index contributed by atoms with van der Waals surface area (Å²) in [5.74, 6) is 6.82. The smallest absolute Gasteiger partial charge is 0.294 e. The first-order chi connectivity index (χ1) is 11.8. The molecule has 0 amide bonds. The van der Waals surface area contributed by atoms with Crippen molar-refractivity contribution in [2.45, 2.75) is 6.92 Å². The minimum absolute atomic E-state index is 0.318. The van der Waals surface area contributed by atoms with E-state index in [1.54, 1.807) is 0 Å². The van der Waals surface area contributed by atoms with Gasteiger partial charge < -0.3 is 4.42 Å². The fourth-order valence-electron chi connectivity index (χ4n) is 2.48. The summed E-state index contributed by atoms with van der Waals surface area (Å²) in [5.41, 5.74) is 3.00. The number of hydrogen-bond acceptors (Lipinski definition) is 3. The largest absolute Gasteiger partial charge is 0.410 e. The van der Waals surface area contributed by atoms with Gasteiger partial charge in [0.25, 0.3) is 5.89 Å². The summed E-state index contributed by atoms with van der Waals surface area (Å²) < 4.78 is 5.62. The fourth-order valence-corrected chi connectivity index (χ4v) is 2.48. The van der Waals surface area contributed by atoms with Gasteiger partial charge in [-0.15, -0.1) is 5.10 Å². The van der Waals surface area contributed by atoms with Gasteiger partial charge in [0.2, 0.25) is 5.89 Å². The molecule has 3 heteroatoms. The molecule has 3 aromatic carbocycles. The highest BCUT2D eigenvalue weighted by Gasteiger charge is 2.06. The molecule has 0 saturated heterocycles. The third-order valence-electron chi connectivity index (χ3n) is 3.79. The Hall–Kier alpha value is -3.38. The van der Waals surface area contributed by atoms with Crippen LogP contribution < -0.4 is 0 Å². The quantitative estimate of drug-likeness (QED) is 0.482. The zero-order valence-corrected chi connectivity index (χ0v) is 13.2. The number of rotatable bonds is 1. The lowest BCUT2D eigenvalue weighted by Crippen LogP contribution is -1.78. The van der Waals surface area contributed by atoms with Crippen molar-refractivity contribution in [3.05, 3.63) is 83.7 Å². The molecule has 4 rings (SSSR count). The molecule has 0 aliphatic carbocycles.